The molecule has 24 heavy (non-hydrogen) atoms. The molecule has 4 heteroatoms. The van der Waals surface area contributed by atoms with Crippen LogP contribution >= 0.6 is 0 Å². The van der Waals surface area contributed by atoms with Crippen molar-refractivity contribution in [2.45, 2.75) is 52.5 Å². The fourth-order valence-corrected chi connectivity index (χ4v) is 3.73. The number of ether oxygens (including phenoxy) is 1. The number of anilines is 2. The van der Waals surface area contributed by atoms with E-state index in [1.807, 2.05) is 14.0 Å². The molecule has 1 aromatic carbocycles. The average molecular weight is 334 g/mol. The van der Waals surface area contributed by atoms with Crippen LogP contribution in [0.3, 0.4) is 0 Å². The molecule has 1 aliphatic rings. The molecule has 1 aliphatic heterocycles. The first-order chi connectivity index (χ1) is 11.7. The topological polar surface area (TPSA) is 27.7 Å². The molecule has 4 nitrogen and oxygen atoms in total. The van der Waals surface area contributed by atoms with Gasteiger partial charge in [0.15, 0.2) is 0 Å². The summed E-state index contributed by atoms with van der Waals surface area (Å²) in [4.78, 5) is 5.21. The van der Waals surface area contributed by atoms with E-state index in [2.05, 4.69) is 47.2 Å². The average Bonchev–Trinajstić information content (AvgIpc) is 2.62. The zero-order valence-corrected chi connectivity index (χ0v) is 16.0. The van der Waals surface area contributed by atoms with Gasteiger partial charge in [-0.15, -0.1) is 0 Å². The van der Waals surface area contributed by atoms with Gasteiger partial charge >= 0.3 is 0 Å². The van der Waals surface area contributed by atoms with Crippen molar-refractivity contribution in [1.82, 2.24) is 4.90 Å². The van der Waals surface area contributed by atoms with E-state index >= 15 is 0 Å². The predicted octanol–water partition coefficient (Wildman–Crippen LogP) is 4.22. The van der Waals surface area contributed by atoms with Crippen LogP contribution in [0.25, 0.3) is 0 Å². The smallest absolute Gasteiger partial charge is 0.144 e. The third-order valence-electron chi connectivity index (χ3n) is 4.90. The first kappa shape index (κ1) is 18.9. The van der Waals surface area contributed by atoms with Gasteiger partial charge in [-0.25, -0.2) is 0 Å². The minimum absolute atomic E-state index is 0.698. The van der Waals surface area contributed by atoms with Crippen molar-refractivity contribution in [3.05, 3.63) is 18.2 Å². The maximum atomic E-state index is 5.79. The minimum atomic E-state index is 0.698. The van der Waals surface area contributed by atoms with Crippen LogP contribution in [0.2, 0.25) is 0 Å². The molecule has 0 amide bonds. The van der Waals surface area contributed by atoms with Crippen LogP contribution in [0, 0.1) is 0 Å². The van der Waals surface area contributed by atoms with Gasteiger partial charge < -0.3 is 19.9 Å². The molecule has 1 heterocycles. The van der Waals surface area contributed by atoms with Crippen molar-refractivity contribution in [3.63, 3.8) is 0 Å². The van der Waals surface area contributed by atoms with Crippen LogP contribution < -0.4 is 15.0 Å². The minimum Gasteiger partial charge on any atom is -0.492 e. The van der Waals surface area contributed by atoms with Crippen molar-refractivity contribution in [2.75, 3.05) is 50.1 Å². The van der Waals surface area contributed by atoms with Crippen LogP contribution in [0.15, 0.2) is 18.2 Å². The van der Waals surface area contributed by atoms with Crippen LogP contribution in [-0.2, 0) is 0 Å². The molecule has 0 spiro atoms. The Morgan fingerprint density at radius 1 is 1.12 bits per heavy atom. The van der Waals surface area contributed by atoms with Crippen molar-refractivity contribution in [2.24, 2.45) is 0 Å². The molecule has 0 radical (unpaired) electrons. The first-order valence-electron chi connectivity index (χ1n) is 9.67. The molecule has 2 rings (SSSR count). The van der Waals surface area contributed by atoms with Crippen molar-refractivity contribution in [3.8, 4) is 5.75 Å². The summed E-state index contributed by atoms with van der Waals surface area (Å²) in [5.74, 6) is 0.957. The van der Waals surface area contributed by atoms with Gasteiger partial charge in [-0.2, -0.15) is 0 Å². The van der Waals surface area contributed by atoms with Gasteiger partial charge in [0.1, 0.15) is 5.75 Å². The van der Waals surface area contributed by atoms with Crippen molar-refractivity contribution >= 4 is 11.4 Å². The quantitative estimate of drug-likeness (QED) is 0.732. The molecule has 0 aromatic heterocycles. The molecule has 136 valence electrons. The molecule has 1 aromatic rings. The Morgan fingerprint density at radius 2 is 1.79 bits per heavy atom. The summed E-state index contributed by atoms with van der Waals surface area (Å²) in [6.45, 7) is 12.1. The lowest BCUT2D eigenvalue weighted by molar-refractivity contribution is 0.169. The van der Waals surface area contributed by atoms with E-state index in [1.54, 1.807) is 0 Å². The number of rotatable bonds is 9. The van der Waals surface area contributed by atoms with Crippen LogP contribution in [-0.4, -0.2) is 50.8 Å². The lowest BCUT2D eigenvalue weighted by Gasteiger charge is -2.39. The van der Waals surface area contributed by atoms with E-state index in [-0.39, 0.29) is 0 Å². The summed E-state index contributed by atoms with van der Waals surface area (Å²) in [5, 5.41) is 3.21. The second-order valence-corrected chi connectivity index (χ2v) is 6.62. The molecule has 1 fully saturated rings. The standard InChI is InChI=1S/C20H35N3O/c1-5-12-22(13-6-2)17-10-14-23(15-11-17)18-8-9-19(21-4)20(16-18)24-7-3/h8-9,16-17,21H,5-7,10-15H2,1-4H3. The van der Waals surface area contributed by atoms with Gasteiger partial charge in [0.25, 0.3) is 0 Å². The molecular weight excluding hydrogens is 298 g/mol. The van der Waals surface area contributed by atoms with E-state index in [1.165, 1.54) is 44.5 Å². The molecule has 1 N–H and O–H groups in total. The normalized spacial score (nSPS) is 15.8. The van der Waals surface area contributed by atoms with Gasteiger partial charge in [-0.1, -0.05) is 13.8 Å². The Hall–Kier alpha value is -1.42. The summed E-state index contributed by atoms with van der Waals surface area (Å²) >= 11 is 0. The molecule has 0 bridgehead atoms. The van der Waals surface area contributed by atoms with Crippen LogP contribution in [0.5, 0.6) is 5.75 Å². The van der Waals surface area contributed by atoms with E-state index < -0.39 is 0 Å². The maximum Gasteiger partial charge on any atom is 0.144 e. The molecule has 0 atom stereocenters. The Morgan fingerprint density at radius 3 is 2.33 bits per heavy atom. The second kappa shape index (κ2) is 9.77. The summed E-state index contributed by atoms with van der Waals surface area (Å²) in [6.07, 6.45) is 5.03. The van der Waals surface area contributed by atoms with Gasteiger partial charge in [-0.3, -0.25) is 0 Å². The Labute approximate surface area is 148 Å². The van der Waals surface area contributed by atoms with Gasteiger partial charge in [0.2, 0.25) is 0 Å². The zero-order valence-electron chi connectivity index (χ0n) is 16.0. The van der Waals surface area contributed by atoms with Crippen molar-refractivity contribution < 1.29 is 4.74 Å². The van der Waals surface area contributed by atoms with Gasteiger partial charge in [0.05, 0.1) is 12.3 Å². The number of nitrogens with zero attached hydrogens (tertiary/aromatic N) is 2. The highest BCUT2D eigenvalue weighted by Crippen LogP contribution is 2.31. The maximum absolute atomic E-state index is 5.79. The number of benzene rings is 1. The summed E-state index contributed by atoms with van der Waals surface area (Å²) in [5.41, 5.74) is 2.35. The summed E-state index contributed by atoms with van der Waals surface area (Å²) in [6, 6.07) is 7.28. The summed E-state index contributed by atoms with van der Waals surface area (Å²) in [7, 11) is 1.94. The highest BCUT2D eigenvalue weighted by Gasteiger charge is 2.24. The molecule has 1 saturated heterocycles. The Balaban J connectivity index is 1.99. The van der Waals surface area contributed by atoms with E-state index in [4.69, 9.17) is 4.74 Å². The lowest BCUT2D eigenvalue weighted by atomic mass is 10.0. The van der Waals surface area contributed by atoms with Crippen molar-refractivity contribution in [1.29, 1.82) is 0 Å². The van der Waals surface area contributed by atoms with Crippen LogP contribution in [0.4, 0.5) is 11.4 Å². The number of piperidine rings is 1. The highest BCUT2D eigenvalue weighted by atomic mass is 16.5. The largest absolute Gasteiger partial charge is 0.492 e. The van der Waals surface area contributed by atoms with Gasteiger partial charge in [0, 0.05) is 37.9 Å². The first-order valence-corrected chi connectivity index (χ1v) is 9.67. The lowest BCUT2D eigenvalue weighted by Crippen LogP contribution is -2.45. The molecular formula is C20H35N3O. The fourth-order valence-electron chi connectivity index (χ4n) is 3.73. The van der Waals surface area contributed by atoms with E-state index in [0.717, 1.165) is 30.6 Å². The summed E-state index contributed by atoms with van der Waals surface area (Å²) < 4.78 is 5.79. The number of nitrogens with one attached hydrogen (secondary N) is 1. The Kier molecular flexibility index (Phi) is 7.70. The predicted molar refractivity (Wildman–Crippen MR) is 105 cm³/mol. The van der Waals surface area contributed by atoms with Crippen LogP contribution in [0.1, 0.15) is 46.5 Å². The monoisotopic (exact) mass is 333 g/mol. The number of hydrogen-bond acceptors (Lipinski definition) is 4. The SMILES string of the molecule is CCCN(CCC)C1CCN(c2ccc(NC)c(OCC)c2)CC1. The molecule has 0 aliphatic carbocycles. The highest BCUT2D eigenvalue weighted by molar-refractivity contribution is 5.64. The zero-order chi connectivity index (χ0) is 17.4. The molecule has 0 unspecified atom stereocenters. The molecule has 0 saturated carbocycles. The van der Waals surface area contributed by atoms with E-state index in [9.17, 15) is 0 Å². The number of hydrogen-bond donors (Lipinski definition) is 1. The fraction of sp³-hybridized carbons (Fsp3) is 0.700. The Bertz CT molecular complexity index is 478. The second-order valence-electron chi connectivity index (χ2n) is 6.62. The van der Waals surface area contributed by atoms with E-state index in [0.29, 0.717) is 6.61 Å². The van der Waals surface area contributed by atoms with Gasteiger partial charge in [-0.05, 0) is 57.8 Å². The third kappa shape index (κ3) is 4.79. The third-order valence-corrected chi connectivity index (χ3v) is 4.90.